The predicted octanol–water partition coefficient (Wildman–Crippen LogP) is 5.55. The van der Waals surface area contributed by atoms with E-state index in [-0.39, 0.29) is 0 Å². The van der Waals surface area contributed by atoms with E-state index in [1.807, 2.05) is 18.2 Å². The molecule has 3 rings (SSSR count). The molecule has 0 aliphatic rings. The Morgan fingerprint density at radius 2 is 1.56 bits per heavy atom. The maximum atomic E-state index is 6.06. The normalized spacial score (nSPS) is 11.4. The molecule has 1 aromatic heterocycles. The molecular weight excluding hydrogens is 266 g/mol. The summed E-state index contributed by atoms with van der Waals surface area (Å²) in [5.74, 6) is 0. The van der Waals surface area contributed by atoms with Gasteiger partial charge in [0, 0.05) is 20.8 Å². The van der Waals surface area contributed by atoms with Gasteiger partial charge in [0.2, 0.25) is 0 Å². The van der Waals surface area contributed by atoms with E-state index in [4.69, 9.17) is 39.2 Å². The zero-order valence-electron chi connectivity index (χ0n) is 7.93. The van der Waals surface area contributed by atoms with Crippen molar-refractivity contribution in [3.8, 4) is 0 Å². The van der Waals surface area contributed by atoms with Gasteiger partial charge >= 0.3 is 0 Å². The number of rotatable bonds is 0. The SMILES string of the molecule is Clc1ccc2oc3c(Cl)cc(Cl)cc3c2c1. The maximum absolute atomic E-state index is 6.06. The van der Waals surface area contributed by atoms with Gasteiger partial charge in [-0.1, -0.05) is 34.8 Å². The first-order valence-corrected chi connectivity index (χ1v) is 5.75. The average Bonchev–Trinajstić information content (AvgIpc) is 2.57. The van der Waals surface area contributed by atoms with E-state index in [1.165, 1.54) is 0 Å². The summed E-state index contributed by atoms with van der Waals surface area (Å²) in [4.78, 5) is 0. The van der Waals surface area contributed by atoms with E-state index < -0.39 is 0 Å². The second kappa shape index (κ2) is 3.56. The lowest BCUT2D eigenvalue weighted by Gasteiger charge is -1.94. The molecule has 0 bridgehead atoms. The fraction of sp³-hybridized carbons (Fsp3) is 0. The van der Waals surface area contributed by atoms with Crippen molar-refractivity contribution in [3.63, 3.8) is 0 Å². The van der Waals surface area contributed by atoms with Crippen molar-refractivity contribution in [1.29, 1.82) is 0 Å². The van der Waals surface area contributed by atoms with E-state index in [2.05, 4.69) is 0 Å². The van der Waals surface area contributed by atoms with Gasteiger partial charge in [-0.25, -0.2) is 0 Å². The summed E-state index contributed by atoms with van der Waals surface area (Å²) in [5, 5.41) is 3.56. The smallest absolute Gasteiger partial charge is 0.154 e. The van der Waals surface area contributed by atoms with Crippen LogP contribution in [0.25, 0.3) is 21.9 Å². The molecule has 2 aromatic carbocycles. The van der Waals surface area contributed by atoms with Crippen molar-refractivity contribution in [2.45, 2.75) is 0 Å². The van der Waals surface area contributed by atoms with Gasteiger partial charge in [-0.15, -0.1) is 0 Å². The lowest BCUT2D eigenvalue weighted by molar-refractivity contribution is 0.669. The van der Waals surface area contributed by atoms with Crippen LogP contribution >= 0.6 is 34.8 Å². The topological polar surface area (TPSA) is 13.1 Å². The molecule has 1 nitrogen and oxygen atoms in total. The zero-order valence-corrected chi connectivity index (χ0v) is 10.2. The first-order chi connectivity index (χ1) is 7.65. The molecule has 0 unspecified atom stereocenters. The van der Waals surface area contributed by atoms with Gasteiger partial charge in [-0.2, -0.15) is 0 Å². The van der Waals surface area contributed by atoms with Crippen LogP contribution in [-0.2, 0) is 0 Å². The maximum Gasteiger partial charge on any atom is 0.154 e. The zero-order chi connectivity index (χ0) is 11.3. The van der Waals surface area contributed by atoms with Crippen LogP contribution in [0.3, 0.4) is 0 Å². The predicted molar refractivity (Wildman–Crippen MR) is 68.8 cm³/mol. The first kappa shape index (κ1) is 10.3. The molecule has 1 heterocycles. The third-order valence-electron chi connectivity index (χ3n) is 2.45. The third kappa shape index (κ3) is 1.47. The highest BCUT2D eigenvalue weighted by molar-refractivity contribution is 6.39. The Balaban J connectivity index is 2.57. The Morgan fingerprint density at radius 1 is 0.812 bits per heavy atom. The number of hydrogen-bond donors (Lipinski definition) is 0. The van der Waals surface area contributed by atoms with Gasteiger partial charge in [0.25, 0.3) is 0 Å². The summed E-state index contributed by atoms with van der Waals surface area (Å²) in [6.45, 7) is 0. The quantitative estimate of drug-likeness (QED) is 0.523. The minimum atomic E-state index is 0.509. The molecule has 0 aliphatic heterocycles. The van der Waals surface area contributed by atoms with Crippen LogP contribution in [0, 0.1) is 0 Å². The van der Waals surface area contributed by atoms with Crippen molar-refractivity contribution < 1.29 is 4.42 Å². The molecule has 4 heteroatoms. The first-order valence-electron chi connectivity index (χ1n) is 4.62. The van der Waals surface area contributed by atoms with Crippen LogP contribution in [0.5, 0.6) is 0 Å². The molecule has 0 aliphatic carbocycles. The summed E-state index contributed by atoms with van der Waals surface area (Å²) in [6, 6.07) is 8.93. The van der Waals surface area contributed by atoms with Crippen molar-refractivity contribution in [3.05, 3.63) is 45.4 Å². The van der Waals surface area contributed by atoms with Gasteiger partial charge in [0.1, 0.15) is 5.58 Å². The van der Waals surface area contributed by atoms with E-state index in [0.29, 0.717) is 20.7 Å². The van der Waals surface area contributed by atoms with Crippen molar-refractivity contribution >= 4 is 56.7 Å². The number of furan rings is 1. The summed E-state index contributed by atoms with van der Waals surface area (Å²) < 4.78 is 5.64. The van der Waals surface area contributed by atoms with E-state index in [1.54, 1.807) is 12.1 Å². The summed E-state index contributed by atoms with van der Waals surface area (Å²) in [5.41, 5.74) is 1.40. The Kier molecular flexibility index (Phi) is 2.28. The lowest BCUT2D eigenvalue weighted by atomic mass is 10.1. The summed E-state index contributed by atoms with van der Waals surface area (Å²) in [7, 11) is 0. The average molecular weight is 272 g/mol. The molecule has 16 heavy (non-hydrogen) atoms. The van der Waals surface area contributed by atoms with E-state index >= 15 is 0 Å². The molecule has 0 saturated carbocycles. The van der Waals surface area contributed by atoms with Gasteiger partial charge in [0.15, 0.2) is 5.58 Å². The highest BCUT2D eigenvalue weighted by Crippen LogP contribution is 2.36. The molecular formula is C12H5Cl3O. The lowest BCUT2D eigenvalue weighted by Crippen LogP contribution is -1.70. The van der Waals surface area contributed by atoms with Gasteiger partial charge in [0.05, 0.1) is 5.02 Å². The molecule has 80 valence electrons. The van der Waals surface area contributed by atoms with Crippen LogP contribution in [-0.4, -0.2) is 0 Å². The van der Waals surface area contributed by atoms with Crippen LogP contribution < -0.4 is 0 Å². The van der Waals surface area contributed by atoms with E-state index in [9.17, 15) is 0 Å². The monoisotopic (exact) mass is 270 g/mol. The highest BCUT2D eigenvalue weighted by atomic mass is 35.5. The molecule has 0 fully saturated rings. The molecule has 0 atom stereocenters. The molecule has 0 saturated heterocycles. The van der Waals surface area contributed by atoms with Crippen LogP contribution in [0.2, 0.25) is 15.1 Å². The number of benzene rings is 2. The third-order valence-corrected chi connectivity index (χ3v) is 3.19. The molecule has 0 N–H and O–H groups in total. The minimum Gasteiger partial charge on any atom is -0.454 e. The van der Waals surface area contributed by atoms with Crippen LogP contribution in [0.4, 0.5) is 0 Å². The van der Waals surface area contributed by atoms with Crippen LogP contribution in [0.15, 0.2) is 34.7 Å². The highest BCUT2D eigenvalue weighted by Gasteiger charge is 2.11. The van der Waals surface area contributed by atoms with Crippen molar-refractivity contribution in [1.82, 2.24) is 0 Å². The van der Waals surface area contributed by atoms with Gasteiger partial charge in [-0.3, -0.25) is 0 Å². The standard InChI is InChI=1S/C12H5Cl3O/c13-6-1-2-11-8(3-6)9-4-7(14)5-10(15)12(9)16-11/h1-5H. The number of fused-ring (bicyclic) bond motifs is 3. The number of hydrogen-bond acceptors (Lipinski definition) is 1. The largest absolute Gasteiger partial charge is 0.454 e. The molecule has 0 amide bonds. The van der Waals surface area contributed by atoms with Crippen molar-refractivity contribution in [2.24, 2.45) is 0 Å². The molecule has 0 radical (unpaired) electrons. The fourth-order valence-corrected chi connectivity index (χ4v) is 2.48. The molecule has 3 aromatic rings. The second-order valence-corrected chi connectivity index (χ2v) is 4.79. The van der Waals surface area contributed by atoms with Gasteiger partial charge in [-0.05, 0) is 30.3 Å². The Bertz CT molecular complexity index is 700. The summed E-state index contributed by atoms with van der Waals surface area (Å²) in [6.07, 6.45) is 0. The number of halogens is 3. The fourth-order valence-electron chi connectivity index (χ4n) is 1.78. The summed E-state index contributed by atoms with van der Waals surface area (Å²) >= 11 is 18.0. The van der Waals surface area contributed by atoms with Gasteiger partial charge < -0.3 is 4.42 Å². The Hall–Kier alpha value is -0.890. The molecule has 0 spiro atoms. The Labute approximate surface area is 106 Å². The van der Waals surface area contributed by atoms with Crippen LogP contribution in [0.1, 0.15) is 0 Å². The second-order valence-electron chi connectivity index (χ2n) is 3.51. The Morgan fingerprint density at radius 3 is 2.38 bits per heavy atom. The van der Waals surface area contributed by atoms with E-state index in [0.717, 1.165) is 16.4 Å². The minimum absolute atomic E-state index is 0.509. The van der Waals surface area contributed by atoms with Crippen molar-refractivity contribution in [2.75, 3.05) is 0 Å².